The van der Waals surface area contributed by atoms with Crippen LogP contribution in [-0.2, 0) is 19.1 Å². The van der Waals surface area contributed by atoms with E-state index in [1.165, 1.54) is 7.11 Å². The Kier molecular flexibility index (Phi) is 7.93. The van der Waals surface area contributed by atoms with E-state index in [0.29, 0.717) is 22.8 Å². The van der Waals surface area contributed by atoms with E-state index in [1.54, 1.807) is 37.3 Å². The number of carbonyl (C=O) groups is 2. The molecule has 0 aliphatic rings. The van der Waals surface area contributed by atoms with Crippen LogP contribution in [0.5, 0.6) is 5.75 Å². The van der Waals surface area contributed by atoms with Crippen molar-refractivity contribution in [1.82, 2.24) is 4.98 Å². The van der Waals surface area contributed by atoms with E-state index in [0.717, 1.165) is 11.1 Å². The van der Waals surface area contributed by atoms with Crippen LogP contribution in [-0.4, -0.2) is 37.2 Å². The van der Waals surface area contributed by atoms with Crippen molar-refractivity contribution < 1.29 is 28.2 Å². The zero-order chi connectivity index (χ0) is 25.3. The monoisotopic (exact) mass is 483 g/mol. The molecule has 0 aliphatic carbocycles. The standard InChI is InChI=1S/C29H25NO6/c1-3-34-29(32)24(18-20-11-10-16-23(17-20)35-19-25(31)33-2)28-30-26(21-12-6-4-7-13-21)27(36-28)22-14-8-5-9-15-22/h4-18H,3,19H2,1-2H3/b24-18-. The topological polar surface area (TPSA) is 87.9 Å². The molecule has 0 atom stereocenters. The second-order valence-electron chi connectivity index (χ2n) is 7.64. The van der Waals surface area contributed by atoms with Crippen LogP contribution in [0.15, 0.2) is 89.3 Å². The predicted octanol–water partition coefficient (Wildman–Crippen LogP) is 5.66. The summed E-state index contributed by atoms with van der Waals surface area (Å²) in [6.45, 7) is 1.70. The molecule has 4 aromatic rings. The molecular formula is C29H25NO6. The van der Waals surface area contributed by atoms with E-state index in [-0.39, 0.29) is 24.7 Å². The van der Waals surface area contributed by atoms with Crippen LogP contribution in [0.25, 0.3) is 34.2 Å². The lowest BCUT2D eigenvalue weighted by atomic mass is 10.1. The van der Waals surface area contributed by atoms with Gasteiger partial charge in [0, 0.05) is 11.1 Å². The van der Waals surface area contributed by atoms with Gasteiger partial charge in [-0.25, -0.2) is 14.6 Å². The summed E-state index contributed by atoms with van der Waals surface area (Å²) >= 11 is 0. The Hall–Kier alpha value is -4.65. The Labute approximate surface area is 209 Å². The van der Waals surface area contributed by atoms with Gasteiger partial charge in [0.2, 0.25) is 5.89 Å². The van der Waals surface area contributed by atoms with Gasteiger partial charge in [-0.3, -0.25) is 0 Å². The molecule has 3 aromatic carbocycles. The Balaban J connectivity index is 1.79. The lowest BCUT2D eigenvalue weighted by Crippen LogP contribution is -2.12. The highest BCUT2D eigenvalue weighted by atomic mass is 16.6. The molecule has 1 aromatic heterocycles. The summed E-state index contributed by atoms with van der Waals surface area (Å²) in [4.78, 5) is 29.1. The Morgan fingerprint density at radius 3 is 2.28 bits per heavy atom. The SMILES string of the molecule is CCOC(=O)/C(=C\c1cccc(OCC(=O)OC)c1)c1nc(-c2ccccc2)c(-c2ccccc2)o1. The molecule has 182 valence electrons. The molecule has 0 saturated heterocycles. The van der Waals surface area contributed by atoms with Crippen molar-refractivity contribution in [3.8, 4) is 28.3 Å². The maximum atomic E-state index is 13.0. The first-order chi connectivity index (χ1) is 17.6. The summed E-state index contributed by atoms with van der Waals surface area (Å²) < 4.78 is 21.6. The highest BCUT2D eigenvalue weighted by Crippen LogP contribution is 2.35. The smallest absolute Gasteiger partial charge is 0.343 e. The minimum Gasteiger partial charge on any atom is -0.482 e. The third-order valence-corrected chi connectivity index (χ3v) is 5.19. The van der Waals surface area contributed by atoms with Crippen molar-refractivity contribution in [2.45, 2.75) is 6.92 Å². The number of rotatable bonds is 9. The number of esters is 2. The van der Waals surface area contributed by atoms with E-state index in [1.807, 2.05) is 60.7 Å². The summed E-state index contributed by atoms with van der Waals surface area (Å²) in [6.07, 6.45) is 1.62. The Morgan fingerprint density at radius 2 is 1.61 bits per heavy atom. The number of nitrogens with zero attached hydrogens (tertiary/aromatic N) is 1. The Bertz CT molecular complexity index is 1300. The summed E-state index contributed by atoms with van der Waals surface area (Å²) in [5.41, 5.74) is 3.09. The highest BCUT2D eigenvalue weighted by molar-refractivity contribution is 6.20. The molecular weight excluding hydrogens is 458 g/mol. The average molecular weight is 484 g/mol. The van der Waals surface area contributed by atoms with Crippen LogP contribution in [0.4, 0.5) is 0 Å². The minimum atomic E-state index is -0.571. The van der Waals surface area contributed by atoms with Crippen molar-refractivity contribution in [1.29, 1.82) is 0 Å². The summed E-state index contributed by atoms with van der Waals surface area (Å²) in [6, 6.07) is 26.2. The fraction of sp³-hybridized carbons (Fsp3) is 0.138. The van der Waals surface area contributed by atoms with Gasteiger partial charge in [-0.15, -0.1) is 0 Å². The second kappa shape index (κ2) is 11.7. The Morgan fingerprint density at radius 1 is 0.917 bits per heavy atom. The predicted molar refractivity (Wildman–Crippen MR) is 136 cm³/mol. The maximum Gasteiger partial charge on any atom is 0.343 e. The number of ether oxygens (including phenoxy) is 3. The van der Waals surface area contributed by atoms with Gasteiger partial charge in [0.05, 0.1) is 13.7 Å². The van der Waals surface area contributed by atoms with Crippen LogP contribution in [0.3, 0.4) is 0 Å². The van der Waals surface area contributed by atoms with Gasteiger partial charge in [0.15, 0.2) is 12.4 Å². The van der Waals surface area contributed by atoms with Gasteiger partial charge in [0.25, 0.3) is 0 Å². The fourth-order valence-electron chi connectivity index (χ4n) is 3.49. The minimum absolute atomic E-state index is 0.132. The molecule has 0 aliphatic heterocycles. The lowest BCUT2D eigenvalue weighted by molar-refractivity contribution is -0.143. The van der Waals surface area contributed by atoms with Crippen LogP contribution in [0, 0.1) is 0 Å². The number of oxazole rings is 1. The van der Waals surface area contributed by atoms with Gasteiger partial charge in [-0.2, -0.15) is 0 Å². The first-order valence-electron chi connectivity index (χ1n) is 11.4. The van der Waals surface area contributed by atoms with Crippen molar-refractivity contribution >= 4 is 23.6 Å². The number of benzene rings is 3. The number of hydrogen-bond acceptors (Lipinski definition) is 7. The van der Waals surface area contributed by atoms with E-state index < -0.39 is 11.9 Å². The molecule has 0 N–H and O–H groups in total. The van der Waals surface area contributed by atoms with Gasteiger partial charge in [0.1, 0.15) is 17.0 Å². The van der Waals surface area contributed by atoms with Crippen LogP contribution < -0.4 is 4.74 Å². The van der Waals surface area contributed by atoms with Crippen molar-refractivity contribution in [2.24, 2.45) is 0 Å². The van der Waals surface area contributed by atoms with Gasteiger partial charge in [-0.05, 0) is 30.7 Å². The molecule has 1 heterocycles. The van der Waals surface area contributed by atoms with E-state index >= 15 is 0 Å². The molecule has 0 radical (unpaired) electrons. The quantitative estimate of drug-likeness (QED) is 0.224. The molecule has 0 bridgehead atoms. The third kappa shape index (κ3) is 5.88. The summed E-state index contributed by atoms with van der Waals surface area (Å²) in [7, 11) is 1.29. The van der Waals surface area contributed by atoms with E-state index in [4.69, 9.17) is 18.9 Å². The van der Waals surface area contributed by atoms with Crippen molar-refractivity contribution in [2.75, 3.05) is 20.3 Å². The van der Waals surface area contributed by atoms with Crippen LogP contribution in [0.1, 0.15) is 18.4 Å². The first kappa shape index (κ1) is 24.5. The number of hydrogen-bond donors (Lipinski definition) is 0. The van der Waals surface area contributed by atoms with Crippen LogP contribution >= 0.6 is 0 Å². The normalized spacial score (nSPS) is 11.1. The average Bonchev–Trinajstić information content (AvgIpc) is 3.37. The second-order valence-corrected chi connectivity index (χ2v) is 7.64. The number of carbonyl (C=O) groups excluding carboxylic acids is 2. The summed E-state index contributed by atoms with van der Waals surface area (Å²) in [5, 5.41) is 0. The van der Waals surface area contributed by atoms with Crippen molar-refractivity contribution in [3.63, 3.8) is 0 Å². The van der Waals surface area contributed by atoms with Crippen molar-refractivity contribution in [3.05, 3.63) is 96.4 Å². The number of aromatic nitrogens is 1. The molecule has 0 unspecified atom stereocenters. The van der Waals surface area contributed by atoms with E-state index in [9.17, 15) is 9.59 Å². The fourth-order valence-corrected chi connectivity index (χ4v) is 3.49. The van der Waals surface area contributed by atoms with Gasteiger partial charge >= 0.3 is 11.9 Å². The molecule has 4 rings (SSSR count). The lowest BCUT2D eigenvalue weighted by Gasteiger charge is -2.07. The zero-order valence-electron chi connectivity index (χ0n) is 20.0. The molecule has 0 spiro atoms. The summed E-state index contributed by atoms with van der Waals surface area (Å²) in [5.74, 6) is 0.0533. The largest absolute Gasteiger partial charge is 0.482 e. The molecule has 7 nitrogen and oxygen atoms in total. The molecule has 36 heavy (non-hydrogen) atoms. The first-order valence-corrected chi connectivity index (χ1v) is 11.4. The van der Waals surface area contributed by atoms with E-state index in [2.05, 4.69) is 4.74 Å². The van der Waals surface area contributed by atoms with Crippen LogP contribution in [0.2, 0.25) is 0 Å². The van der Waals surface area contributed by atoms with Gasteiger partial charge < -0.3 is 18.6 Å². The van der Waals surface area contributed by atoms with Gasteiger partial charge in [-0.1, -0.05) is 72.8 Å². The molecule has 0 amide bonds. The molecule has 7 heteroatoms. The maximum absolute atomic E-state index is 13.0. The highest BCUT2D eigenvalue weighted by Gasteiger charge is 2.24. The number of methoxy groups -OCH3 is 1. The molecule has 0 saturated carbocycles. The third-order valence-electron chi connectivity index (χ3n) is 5.19. The molecule has 0 fully saturated rings. The zero-order valence-corrected chi connectivity index (χ0v) is 20.0.